The number of primary amides is 1. The number of halogens is 1. The van der Waals surface area contributed by atoms with E-state index in [2.05, 4.69) is 5.32 Å². The fourth-order valence-electron chi connectivity index (χ4n) is 6.01. The number of nitrogens with zero attached hydrogens (tertiary/aromatic N) is 2. The van der Waals surface area contributed by atoms with E-state index in [1.54, 1.807) is 57.4 Å². The van der Waals surface area contributed by atoms with E-state index in [1.807, 2.05) is 26.0 Å². The van der Waals surface area contributed by atoms with Crippen LogP contribution in [-0.2, 0) is 19.0 Å². The van der Waals surface area contributed by atoms with Crippen molar-refractivity contribution >= 4 is 41.8 Å². The zero-order chi connectivity index (χ0) is 33.7. The molecule has 0 radical (unpaired) electrons. The van der Waals surface area contributed by atoms with Gasteiger partial charge >= 0.3 is 6.09 Å². The van der Waals surface area contributed by atoms with E-state index < -0.39 is 48.3 Å². The predicted octanol–water partition coefficient (Wildman–Crippen LogP) is 3.02. The third kappa shape index (κ3) is 8.14. The summed E-state index contributed by atoms with van der Waals surface area (Å²) in [4.78, 5) is 34.8. The maximum absolute atomic E-state index is 13.3. The average molecular weight is 655 g/mol. The van der Waals surface area contributed by atoms with E-state index in [4.69, 9.17) is 41.5 Å². The van der Waals surface area contributed by atoms with Gasteiger partial charge in [-0.25, -0.2) is 14.8 Å². The Morgan fingerprint density at radius 3 is 2.50 bits per heavy atom. The summed E-state index contributed by atoms with van der Waals surface area (Å²) in [5.41, 5.74) is 7.78. The first-order chi connectivity index (χ1) is 21.8. The first-order valence-electron chi connectivity index (χ1n) is 15.2. The number of ether oxygens (including phenoxy) is 3. The van der Waals surface area contributed by atoms with E-state index in [9.17, 15) is 19.8 Å². The summed E-state index contributed by atoms with van der Waals surface area (Å²) >= 11 is 6.32. The number of hydrogen-bond donors (Lipinski definition) is 4. The minimum atomic E-state index is -0.979. The summed E-state index contributed by atoms with van der Waals surface area (Å²) in [6, 6.07) is 0. The van der Waals surface area contributed by atoms with Gasteiger partial charge in [-0.3, -0.25) is 4.79 Å². The lowest BCUT2D eigenvalue weighted by molar-refractivity contribution is -0.116. The molecule has 2 bridgehead atoms. The lowest BCUT2D eigenvalue weighted by Gasteiger charge is -2.31. The topological polar surface area (TPSA) is 166 Å². The third-order valence-corrected chi connectivity index (χ3v) is 8.79. The first-order valence-corrected chi connectivity index (χ1v) is 15.7. The Kier molecular flexibility index (Phi) is 11.6. The molecule has 11 nitrogen and oxygen atoms in total. The van der Waals surface area contributed by atoms with Gasteiger partial charge in [0.25, 0.3) is 5.91 Å². The van der Waals surface area contributed by atoms with Crippen LogP contribution in [0.15, 0.2) is 53.0 Å². The fraction of sp³-hybridized carbons (Fsp3) is 0.471. The zero-order valence-corrected chi connectivity index (χ0v) is 27.7. The highest BCUT2D eigenvalue weighted by Gasteiger charge is 2.33. The summed E-state index contributed by atoms with van der Waals surface area (Å²) in [6.45, 7) is 7.25. The maximum atomic E-state index is 13.3. The maximum Gasteiger partial charge on any atom is 0.405 e. The number of allylic oxidation sites excluding steroid dienone is 5. The van der Waals surface area contributed by atoms with Crippen molar-refractivity contribution in [1.82, 2.24) is 15.3 Å². The number of fused-ring (bicyclic) bond motifs is 4. The molecule has 12 heteroatoms. The monoisotopic (exact) mass is 654 g/mol. The quantitative estimate of drug-likeness (QED) is 0.283. The molecule has 2 amide bonds. The SMILES string of the molecule is COC1/C=C\C=C(/C)C(=O)NC2=C(O)C(CC(C)CC(OC)C(O)C(C)/C=C(\C)C1OC(N)=O)c1nc3c(nc1=C2)C=CC(Cl)C=3. The molecule has 46 heavy (non-hydrogen) atoms. The van der Waals surface area contributed by atoms with Crippen LogP contribution < -0.4 is 21.7 Å². The molecule has 2 aliphatic carbocycles. The highest BCUT2D eigenvalue weighted by Crippen LogP contribution is 2.33. The molecule has 2 heterocycles. The molecule has 0 aromatic carbocycles. The van der Waals surface area contributed by atoms with Crippen LogP contribution in [0.1, 0.15) is 57.8 Å². The van der Waals surface area contributed by atoms with Crippen LogP contribution in [0.2, 0.25) is 0 Å². The normalized spacial score (nSPS) is 33.5. The fourth-order valence-corrected chi connectivity index (χ4v) is 6.20. The summed E-state index contributed by atoms with van der Waals surface area (Å²) in [7, 11) is 3.00. The van der Waals surface area contributed by atoms with Crippen LogP contribution in [0.4, 0.5) is 4.79 Å². The van der Waals surface area contributed by atoms with Gasteiger partial charge in [0.15, 0.2) is 6.10 Å². The number of alkyl halides is 1. The van der Waals surface area contributed by atoms with Gasteiger partial charge in [-0.2, -0.15) is 0 Å². The van der Waals surface area contributed by atoms with Crippen molar-refractivity contribution in [2.75, 3.05) is 14.2 Å². The smallest absolute Gasteiger partial charge is 0.405 e. The Hall–Kier alpha value is -3.77. The number of nitrogens with two attached hydrogens (primary N) is 1. The number of rotatable bonds is 3. The molecule has 5 N–H and O–H groups in total. The molecule has 0 saturated heterocycles. The van der Waals surface area contributed by atoms with E-state index >= 15 is 0 Å². The van der Waals surface area contributed by atoms with Crippen molar-refractivity contribution in [3.63, 3.8) is 0 Å². The van der Waals surface area contributed by atoms with Gasteiger partial charge < -0.3 is 35.5 Å². The second kappa shape index (κ2) is 15.2. The lowest BCUT2D eigenvalue weighted by Crippen LogP contribution is -2.38. The average Bonchev–Trinajstić information content (AvgIpc) is 3.01. The summed E-state index contributed by atoms with van der Waals surface area (Å²) in [6.07, 6.45) is 10.5. The number of amides is 2. The predicted molar refractivity (Wildman–Crippen MR) is 176 cm³/mol. The minimum Gasteiger partial charge on any atom is -0.509 e. The molecule has 3 aliphatic rings. The van der Waals surface area contributed by atoms with Gasteiger partial charge in [0.1, 0.15) is 11.9 Å². The lowest BCUT2D eigenvalue weighted by atomic mass is 9.83. The largest absolute Gasteiger partial charge is 0.509 e. The molecule has 8 atom stereocenters. The van der Waals surface area contributed by atoms with Crippen LogP contribution in [0.5, 0.6) is 0 Å². The van der Waals surface area contributed by atoms with Crippen LogP contribution in [0.25, 0.3) is 18.2 Å². The van der Waals surface area contributed by atoms with Crippen molar-refractivity contribution in [2.24, 2.45) is 17.6 Å². The van der Waals surface area contributed by atoms with Gasteiger partial charge in [-0.1, -0.05) is 44.2 Å². The van der Waals surface area contributed by atoms with Gasteiger partial charge in [0.05, 0.1) is 51.3 Å². The standard InChI is InChI=1S/C34H43ClN4O7/c1-17-12-22-29-25(37-23-11-10-21(35)15-24(23)38-29)16-26(31(22)41)39-33(42)18(2)8-7-9-27(44-5)32(46-34(36)43)20(4)14-19(3)30(40)28(13-17)45-6/h7-11,14-17,19,21-22,27-28,30,32,40-41H,12-13H2,1-6H3,(H2,36,43)(H,39,42)/b9-7-,18-8+,20-14+. The van der Waals surface area contributed by atoms with Crippen LogP contribution in [-0.4, -0.2) is 76.2 Å². The number of carbonyl (C=O) groups is 2. The molecule has 1 aromatic rings. The van der Waals surface area contributed by atoms with E-state index in [-0.39, 0.29) is 22.8 Å². The number of methoxy groups -OCH3 is 2. The molecule has 1 aromatic heterocycles. The number of nitrogens with one attached hydrogen (secondary N) is 1. The van der Waals surface area contributed by atoms with E-state index in [1.165, 1.54) is 7.11 Å². The summed E-state index contributed by atoms with van der Waals surface area (Å²) in [5, 5.41) is 26.6. The van der Waals surface area contributed by atoms with Crippen LogP contribution in [0.3, 0.4) is 0 Å². The van der Waals surface area contributed by atoms with Gasteiger partial charge in [0.2, 0.25) is 0 Å². The Labute approximate surface area is 273 Å². The van der Waals surface area contributed by atoms with Crippen molar-refractivity contribution < 1.29 is 34.0 Å². The molecule has 248 valence electrons. The number of hydrogen-bond acceptors (Lipinski definition) is 9. The van der Waals surface area contributed by atoms with Crippen molar-refractivity contribution in [2.45, 2.75) is 76.2 Å². The van der Waals surface area contributed by atoms with E-state index in [0.29, 0.717) is 46.1 Å². The van der Waals surface area contributed by atoms with Crippen LogP contribution in [0, 0.1) is 11.8 Å². The van der Waals surface area contributed by atoms with Gasteiger partial charge in [-0.15, -0.1) is 11.6 Å². The summed E-state index contributed by atoms with van der Waals surface area (Å²) < 4.78 is 16.8. The first kappa shape index (κ1) is 35.1. The molecular formula is C34H43ClN4O7. The van der Waals surface area contributed by atoms with E-state index in [0.717, 1.165) is 0 Å². The molecule has 4 rings (SSSR count). The van der Waals surface area contributed by atoms with Gasteiger partial charge in [-0.05, 0) is 56.4 Å². The molecule has 1 aliphatic heterocycles. The number of aliphatic hydroxyl groups is 2. The Morgan fingerprint density at radius 2 is 1.83 bits per heavy atom. The number of aromatic nitrogens is 2. The number of carbonyl (C=O) groups excluding carboxylic acids is 2. The Balaban J connectivity index is 1.81. The van der Waals surface area contributed by atoms with Crippen molar-refractivity contribution in [3.05, 3.63) is 75.1 Å². The molecule has 0 saturated carbocycles. The second-order valence-electron chi connectivity index (χ2n) is 12.1. The minimum absolute atomic E-state index is 0.0377. The summed E-state index contributed by atoms with van der Waals surface area (Å²) in [5.74, 6) is -1.55. The zero-order valence-electron chi connectivity index (χ0n) is 26.9. The van der Waals surface area contributed by atoms with Crippen molar-refractivity contribution in [3.8, 4) is 0 Å². The third-order valence-electron chi connectivity index (χ3n) is 8.52. The highest BCUT2D eigenvalue weighted by molar-refractivity contribution is 6.25. The Bertz CT molecular complexity index is 1620. The van der Waals surface area contributed by atoms with Gasteiger partial charge in [0, 0.05) is 25.7 Å². The van der Waals surface area contributed by atoms with Crippen molar-refractivity contribution in [1.29, 1.82) is 0 Å². The molecule has 0 fully saturated rings. The highest BCUT2D eigenvalue weighted by atomic mass is 35.5. The Morgan fingerprint density at radius 1 is 1.09 bits per heavy atom. The van der Waals surface area contributed by atoms with Crippen LogP contribution >= 0.6 is 11.6 Å². The molecule has 0 spiro atoms. The molecular weight excluding hydrogens is 612 g/mol. The second-order valence-corrected chi connectivity index (χ2v) is 12.6. The molecule has 8 unspecified atom stereocenters. The number of aliphatic hydroxyl groups excluding tert-OH is 2.